The zero-order chi connectivity index (χ0) is 7.82. The molecule has 10 heavy (non-hydrogen) atoms. The minimum absolute atomic E-state index is 0.0984. The van der Waals surface area contributed by atoms with Gasteiger partial charge in [0.2, 0.25) is 5.91 Å². The summed E-state index contributed by atoms with van der Waals surface area (Å²) >= 11 is 0. The summed E-state index contributed by atoms with van der Waals surface area (Å²) in [5, 5.41) is 10.9. The first-order valence-electron chi connectivity index (χ1n) is 3.17. The molecule has 0 heterocycles. The lowest BCUT2D eigenvalue weighted by molar-refractivity contribution is -0.121. The van der Waals surface area contributed by atoms with Crippen LogP contribution in [0.3, 0.4) is 0 Å². The number of carbonyl (C=O) groups excluding carboxylic acids is 1. The number of methoxy groups -OCH3 is 1. The Balaban J connectivity index is 3.05. The molecule has 0 fully saturated rings. The van der Waals surface area contributed by atoms with Gasteiger partial charge < -0.3 is 15.2 Å². The number of hydrogen-bond donors (Lipinski definition) is 2. The van der Waals surface area contributed by atoms with Crippen molar-refractivity contribution in [2.24, 2.45) is 0 Å². The fraction of sp³-hybridized carbons (Fsp3) is 0.833. The Hall–Kier alpha value is -0.610. The van der Waals surface area contributed by atoms with E-state index in [1.165, 1.54) is 0 Å². The number of aliphatic hydroxyl groups excluding tert-OH is 1. The van der Waals surface area contributed by atoms with Gasteiger partial charge in [-0.3, -0.25) is 4.79 Å². The van der Waals surface area contributed by atoms with Crippen LogP contribution in [0.1, 0.15) is 6.42 Å². The maximum absolute atomic E-state index is 10.6. The summed E-state index contributed by atoms with van der Waals surface area (Å²) in [5.41, 5.74) is 0. The standard InChI is InChI=1S/C6H13NO3/c1-10-5-3-7-6(9)2-4-8/h8H,2-5H2,1H3,(H,7,9). The third-order valence-electron chi connectivity index (χ3n) is 0.967. The van der Waals surface area contributed by atoms with Gasteiger partial charge in [0.15, 0.2) is 0 Å². The first kappa shape index (κ1) is 9.39. The molecule has 0 spiro atoms. The van der Waals surface area contributed by atoms with E-state index in [2.05, 4.69) is 5.32 Å². The van der Waals surface area contributed by atoms with Crippen LogP contribution in [0.4, 0.5) is 0 Å². The molecule has 0 saturated carbocycles. The molecule has 4 heteroatoms. The fourth-order valence-corrected chi connectivity index (χ4v) is 0.482. The lowest BCUT2D eigenvalue weighted by Crippen LogP contribution is -2.27. The number of nitrogens with one attached hydrogen (secondary N) is 1. The van der Waals surface area contributed by atoms with Crippen molar-refractivity contribution in [1.29, 1.82) is 0 Å². The number of amides is 1. The van der Waals surface area contributed by atoms with Crippen LogP contribution in [-0.2, 0) is 9.53 Å². The monoisotopic (exact) mass is 147 g/mol. The largest absolute Gasteiger partial charge is 0.396 e. The Bertz CT molecular complexity index is 95.0. The predicted octanol–water partition coefficient (Wildman–Crippen LogP) is -0.869. The third-order valence-corrected chi connectivity index (χ3v) is 0.967. The molecule has 0 rings (SSSR count). The second kappa shape index (κ2) is 6.51. The zero-order valence-corrected chi connectivity index (χ0v) is 6.09. The van der Waals surface area contributed by atoms with E-state index in [0.717, 1.165) is 0 Å². The molecule has 0 bridgehead atoms. The highest BCUT2D eigenvalue weighted by atomic mass is 16.5. The van der Waals surface area contributed by atoms with Gasteiger partial charge >= 0.3 is 0 Å². The van der Waals surface area contributed by atoms with Crippen molar-refractivity contribution in [3.05, 3.63) is 0 Å². The Kier molecular flexibility index (Phi) is 6.11. The SMILES string of the molecule is COCCNC(=O)CCO. The van der Waals surface area contributed by atoms with Gasteiger partial charge in [0.05, 0.1) is 13.2 Å². The molecule has 0 aliphatic heterocycles. The van der Waals surface area contributed by atoms with Gasteiger partial charge in [0.1, 0.15) is 0 Å². The molecule has 0 aromatic rings. The van der Waals surface area contributed by atoms with Crippen molar-refractivity contribution >= 4 is 5.91 Å². The lowest BCUT2D eigenvalue weighted by Gasteiger charge is -2.01. The van der Waals surface area contributed by atoms with Crippen LogP contribution in [-0.4, -0.2) is 37.9 Å². The van der Waals surface area contributed by atoms with Crippen molar-refractivity contribution in [1.82, 2.24) is 5.32 Å². The molecule has 0 aliphatic carbocycles. The maximum atomic E-state index is 10.6. The van der Waals surface area contributed by atoms with Gasteiger partial charge in [0, 0.05) is 20.1 Å². The Morgan fingerprint density at radius 3 is 2.90 bits per heavy atom. The molecule has 0 unspecified atom stereocenters. The topological polar surface area (TPSA) is 58.6 Å². The van der Waals surface area contributed by atoms with E-state index in [1.54, 1.807) is 7.11 Å². The Morgan fingerprint density at radius 2 is 2.40 bits per heavy atom. The third kappa shape index (κ3) is 5.53. The molecular weight excluding hydrogens is 134 g/mol. The van der Waals surface area contributed by atoms with Gasteiger partial charge in [0.25, 0.3) is 0 Å². The zero-order valence-electron chi connectivity index (χ0n) is 6.09. The molecule has 60 valence electrons. The highest BCUT2D eigenvalue weighted by molar-refractivity contribution is 5.75. The van der Waals surface area contributed by atoms with E-state index in [9.17, 15) is 4.79 Å². The van der Waals surface area contributed by atoms with E-state index >= 15 is 0 Å². The maximum Gasteiger partial charge on any atom is 0.222 e. The normalized spacial score (nSPS) is 9.40. The Labute approximate surface area is 60.2 Å². The van der Waals surface area contributed by atoms with Gasteiger partial charge in [-0.15, -0.1) is 0 Å². The lowest BCUT2D eigenvalue weighted by atomic mass is 10.4. The van der Waals surface area contributed by atoms with Crippen LogP contribution in [0.15, 0.2) is 0 Å². The van der Waals surface area contributed by atoms with Gasteiger partial charge in [-0.05, 0) is 0 Å². The minimum Gasteiger partial charge on any atom is -0.396 e. The Morgan fingerprint density at radius 1 is 1.70 bits per heavy atom. The summed E-state index contributed by atoms with van der Waals surface area (Å²) in [7, 11) is 1.57. The van der Waals surface area contributed by atoms with Crippen molar-refractivity contribution in [2.75, 3.05) is 26.9 Å². The van der Waals surface area contributed by atoms with Crippen LogP contribution in [0, 0.1) is 0 Å². The quantitative estimate of drug-likeness (QED) is 0.497. The van der Waals surface area contributed by atoms with E-state index < -0.39 is 0 Å². The van der Waals surface area contributed by atoms with Gasteiger partial charge in [-0.1, -0.05) is 0 Å². The number of rotatable bonds is 5. The molecule has 0 aromatic heterocycles. The minimum atomic E-state index is -0.139. The average molecular weight is 147 g/mol. The highest BCUT2D eigenvalue weighted by Crippen LogP contribution is 1.75. The molecular formula is C6H13NO3. The molecule has 0 aromatic carbocycles. The van der Waals surface area contributed by atoms with Crippen molar-refractivity contribution in [2.45, 2.75) is 6.42 Å². The summed E-state index contributed by atoms with van der Waals surface area (Å²) < 4.78 is 4.69. The van der Waals surface area contributed by atoms with E-state index in [1.807, 2.05) is 0 Å². The van der Waals surface area contributed by atoms with Crippen molar-refractivity contribution in [3.63, 3.8) is 0 Å². The number of aliphatic hydroxyl groups is 1. The smallest absolute Gasteiger partial charge is 0.222 e. The molecule has 2 N–H and O–H groups in total. The number of ether oxygens (including phenoxy) is 1. The van der Waals surface area contributed by atoms with Crippen LogP contribution >= 0.6 is 0 Å². The summed E-state index contributed by atoms with van der Waals surface area (Å²) in [5.74, 6) is -0.139. The van der Waals surface area contributed by atoms with Crippen LogP contribution in [0.2, 0.25) is 0 Å². The molecule has 1 amide bonds. The summed E-state index contributed by atoms with van der Waals surface area (Å²) in [6.07, 6.45) is 0.170. The predicted molar refractivity (Wildman–Crippen MR) is 36.6 cm³/mol. The van der Waals surface area contributed by atoms with E-state index in [0.29, 0.717) is 13.2 Å². The summed E-state index contributed by atoms with van der Waals surface area (Å²) in [4.78, 5) is 10.6. The number of hydrogen-bond acceptors (Lipinski definition) is 3. The average Bonchev–Trinajstić information content (AvgIpc) is 1.89. The fourth-order valence-electron chi connectivity index (χ4n) is 0.482. The van der Waals surface area contributed by atoms with Crippen LogP contribution in [0.25, 0.3) is 0 Å². The number of carbonyl (C=O) groups is 1. The van der Waals surface area contributed by atoms with Gasteiger partial charge in [-0.2, -0.15) is 0 Å². The summed E-state index contributed by atoms with van der Waals surface area (Å²) in [6.45, 7) is 0.922. The van der Waals surface area contributed by atoms with Crippen molar-refractivity contribution < 1.29 is 14.6 Å². The first-order chi connectivity index (χ1) is 4.81. The molecule has 0 aliphatic rings. The second-order valence-corrected chi connectivity index (χ2v) is 1.82. The highest BCUT2D eigenvalue weighted by Gasteiger charge is 1.96. The van der Waals surface area contributed by atoms with Crippen molar-refractivity contribution in [3.8, 4) is 0 Å². The molecule has 4 nitrogen and oxygen atoms in total. The van der Waals surface area contributed by atoms with Crippen LogP contribution in [0.5, 0.6) is 0 Å². The summed E-state index contributed by atoms with van der Waals surface area (Å²) in [6, 6.07) is 0. The second-order valence-electron chi connectivity index (χ2n) is 1.82. The van der Waals surface area contributed by atoms with E-state index in [-0.39, 0.29) is 18.9 Å². The van der Waals surface area contributed by atoms with Gasteiger partial charge in [-0.25, -0.2) is 0 Å². The molecule has 0 atom stereocenters. The van der Waals surface area contributed by atoms with E-state index in [4.69, 9.17) is 9.84 Å². The molecule has 0 saturated heterocycles. The van der Waals surface area contributed by atoms with Crippen LogP contribution < -0.4 is 5.32 Å². The molecule has 0 radical (unpaired) electrons. The first-order valence-corrected chi connectivity index (χ1v) is 3.17.